The lowest BCUT2D eigenvalue weighted by atomic mass is 10.1. The third-order valence-corrected chi connectivity index (χ3v) is 3.84. The highest BCUT2D eigenvalue weighted by Crippen LogP contribution is 2.17. The van der Waals surface area contributed by atoms with Crippen LogP contribution < -0.4 is 10.6 Å². The predicted octanol–water partition coefficient (Wildman–Crippen LogP) is 0.120. The molecule has 2 unspecified atom stereocenters. The van der Waals surface area contributed by atoms with E-state index in [9.17, 15) is 9.59 Å². The molecule has 2 N–H and O–H groups in total. The number of carbonyl (C=O) groups excluding carboxylic acids is 2. The molecule has 2 amide bonds. The second kappa shape index (κ2) is 4.86. The molecule has 6 heteroatoms. The zero-order chi connectivity index (χ0) is 11.5. The number of amides is 2. The van der Waals surface area contributed by atoms with Crippen molar-refractivity contribution in [1.82, 2.24) is 10.6 Å². The maximum atomic E-state index is 11.5. The van der Waals surface area contributed by atoms with Crippen molar-refractivity contribution in [3.05, 3.63) is 0 Å². The van der Waals surface area contributed by atoms with Gasteiger partial charge in [-0.15, -0.1) is 0 Å². The molecule has 0 aromatic carbocycles. The van der Waals surface area contributed by atoms with Crippen molar-refractivity contribution >= 4 is 28.7 Å². The van der Waals surface area contributed by atoms with E-state index in [-0.39, 0.29) is 17.9 Å². The smallest absolute Gasteiger partial charge is 0.249 e. The van der Waals surface area contributed by atoms with Crippen LogP contribution in [0.15, 0.2) is 4.99 Å². The fourth-order valence-corrected chi connectivity index (χ4v) is 2.57. The third-order valence-electron chi connectivity index (χ3n) is 2.59. The minimum Gasteiger partial charge on any atom is -0.353 e. The maximum absolute atomic E-state index is 11.5. The molecule has 2 aliphatic rings. The van der Waals surface area contributed by atoms with Gasteiger partial charge in [-0.2, -0.15) is 0 Å². The summed E-state index contributed by atoms with van der Waals surface area (Å²) in [7, 11) is 0. The molecular weight excluding hydrogens is 226 g/mol. The Balaban J connectivity index is 1.90. The Bertz CT molecular complexity index is 343. The Morgan fingerprint density at radius 1 is 1.50 bits per heavy atom. The van der Waals surface area contributed by atoms with E-state index in [0.717, 1.165) is 17.5 Å². The second-order valence-corrected chi connectivity index (χ2v) is 5.22. The number of rotatable bonds is 1. The number of carbonyl (C=O) groups is 2. The number of thioether (sulfide) groups is 1. The number of amidine groups is 1. The van der Waals surface area contributed by atoms with Crippen molar-refractivity contribution in [2.75, 3.05) is 12.3 Å². The zero-order valence-electron chi connectivity index (χ0n) is 9.16. The van der Waals surface area contributed by atoms with Gasteiger partial charge in [-0.1, -0.05) is 18.7 Å². The van der Waals surface area contributed by atoms with Gasteiger partial charge in [0.25, 0.3) is 0 Å². The normalized spacial score (nSPS) is 30.7. The minimum atomic E-state index is -0.308. The number of imide groups is 1. The summed E-state index contributed by atoms with van der Waals surface area (Å²) in [6.45, 7) is 2.96. The number of hydrogen-bond donors (Lipinski definition) is 2. The fourth-order valence-electron chi connectivity index (χ4n) is 1.63. The Labute approximate surface area is 98.5 Å². The molecule has 2 aliphatic heterocycles. The van der Waals surface area contributed by atoms with Crippen molar-refractivity contribution in [2.45, 2.75) is 25.8 Å². The first kappa shape index (κ1) is 11.4. The van der Waals surface area contributed by atoms with Gasteiger partial charge in [0, 0.05) is 18.7 Å². The van der Waals surface area contributed by atoms with Crippen LogP contribution in [-0.2, 0) is 9.59 Å². The average molecular weight is 241 g/mol. The van der Waals surface area contributed by atoms with Crippen LogP contribution in [0.25, 0.3) is 0 Å². The van der Waals surface area contributed by atoms with Crippen LogP contribution in [-0.4, -0.2) is 35.3 Å². The first-order chi connectivity index (χ1) is 7.65. The predicted molar refractivity (Wildman–Crippen MR) is 63.2 cm³/mol. The van der Waals surface area contributed by atoms with E-state index in [4.69, 9.17) is 0 Å². The van der Waals surface area contributed by atoms with Gasteiger partial charge in [-0.05, 0) is 12.3 Å². The largest absolute Gasteiger partial charge is 0.353 e. The van der Waals surface area contributed by atoms with E-state index >= 15 is 0 Å². The number of aliphatic imine (C=N–C) groups is 1. The topological polar surface area (TPSA) is 70.6 Å². The van der Waals surface area contributed by atoms with Crippen molar-refractivity contribution in [2.24, 2.45) is 10.9 Å². The molecule has 0 radical (unpaired) electrons. The number of hydrogen-bond acceptors (Lipinski definition) is 5. The molecule has 88 valence electrons. The lowest BCUT2D eigenvalue weighted by molar-refractivity contribution is -0.134. The molecule has 0 aliphatic carbocycles. The van der Waals surface area contributed by atoms with Gasteiger partial charge < -0.3 is 5.32 Å². The molecule has 2 atom stereocenters. The van der Waals surface area contributed by atoms with Crippen LogP contribution in [0.4, 0.5) is 0 Å². The summed E-state index contributed by atoms with van der Waals surface area (Å²) in [5.41, 5.74) is 0. The summed E-state index contributed by atoms with van der Waals surface area (Å²) < 4.78 is 0. The monoisotopic (exact) mass is 241 g/mol. The van der Waals surface area contributed by atoms with E-state index in [1.807, 2.05) is 0 Å². The lowest BCUT2D eigenvalue weighted by Crippen LogP contribution is -2.52. The van der Waals surface area contributed by atoms with Gasteiger partial charge in [-0.25, -0.2) is 0 Å². The van der Waals surface area contributed by atoms with Gasteiger partial charge in [-0.3, -0.25) is 19.9 Å². The molecule has 0 aromatic heterocycles. The Morgan fingerprint density at radius 3 is 2.94 bits per heavy atom. The first-order valence-corrected chi connectivity index (χ1v) is 6.41. The zero-order valence-corrected chi connectivity index (χ0v) is 9.97. The highest BCUT2D eigenvalue weighted by molar-refractivity contribution is 8.13. The van der Waals surface area contributed by atoms with Crippen LogP contribution in [0.3, 0.4) is 0 Å². The molecule has 1 saturated heterocycles. The van der Waals surface area contributed by atoms with E-state index in [1.165, 1.54) is 0 Å². The molecule has 0 spiro atoms. The van der Waals surface area contributed by atoms with Gasteiger partial charge in [0.1, 0.15) is 6.04 Å². The molecular formula is C10H15N3O2S. The van der Waals surface area contributed by atoms with E-state index in [0.29, 0.717) is 18.8 Å². The van der Waals surface area contributed by atoms with Crippen molar-refractivity contribution in [3.63, 3.8) is 0 Å². The summed E-state index contributed by atoms with van der Waals surface area (Å²) in [5.74, 6) is 1.20. The average Bonchev–Trinajstić information content (AvgIpc) is 2.25. The van der Waals surface area contributed by atoms with E-state index in [2.05, 4.69) is 22.5 Å². The standard InChI is InChI=1S/C10H15N3O2S/c1-6-4-11-10(16-5-6)12-7-2-3-8(14)13-9(7)15/h6-7H,2-5H2,1H3,(H,11,12)(H,13,14,15). The van der Waals surface area contributed by atoms with Gasteiger partial charge >= 0.3 is 0 Å². The van der Waals surface area contributed by atoms with Gasteiger partial charge in [0.2, 0.25) is 11.8 Å². The molecule has 0 bridgehead atoms. The van der Waals surface area contributed by atoms with E-state index < -0.39 is 0 Å². The SMILES string of the molecule is CC1CN=C(NC2CCC(=O)NC2=O)SC1. The number of nitrogens with zero attached hydrogens (tertiary/aromatic N) is 1. The van der Waals surface area contributed by atoms with Crippen molar-refractivity contribution in [3.8, 4) is 0 Å². The minimum absolute atomic E-state index is 0.185. The highest BCUT2D eigenvalue weighted by Gasteiger charge is 2.27. The van der Waals surface area contributed by atoms with Gasteiger partial charge in [0.05, 0.1) is 0 Å². The first-order valence-electron chi connectivity index (χ1n) is 5.42. The van der Waals surface area contributed by atoms with Crippen LogP contribution in [0.2, 0.25) is 0 Å². The van der Waals surface area contributed by atoms with Gasteiger partial charge in [0.15, 0.2) is 5.17 Å². The summed E-state index contributed by atoms with van der Waals surface area (Å²) >= 11 is 1.64. The summed E-state index contributed by atoms with van der Waals surface area (Å²) in [4.78, 5) is 26.8. The molecule has 2 rings (SSSR count). The Hall–Kier alpha value is -1.04. The molecule has 1 fully saturated rings. The summed E-state index contributed by atoms with van der Waals surface area (Å²) in [5, 5.41) is 6.25. The van der Waals surface area contributed by atoms with E-state index in [1.54, 1.807) is 11.8 Å². The maximum Gasteiger partial charge on any atom is 0.249 e. The Morgan fingerprint density at radius 2 is 2.31 bits per heavy atom. The quantitative estimate of drug-likeness (QED) is 0.640. The number of piperidine rings is 1. The van der Waals surface area contributed by atoms with Crippen LogP contribution in [0, 0.1) is 5.92 Å². The Kier molecular flexibility index (Phi) is 3.48. The second-order valence-electron chi connectivity index (χ2n) is 4.21. The third kappa shape index (κ3) is 2.75. The van der Waals surface area contributed by atoms with Crippen LogP contribution in [0.1, 0.15) is 19.8 Å². The van der Waals surface area contributed by atoms with Crippen molar-refractivity contribution < 1.29 is 9.59 Å². The van der Waals surface area contributed by atoms with Crippen molar-refractivity contribution in [1.29, 1.82) is 0 Å². The molecule has 0 saturated carbocycles. The number of nitrogens with one attached hydrogen (secondary N) is 2. The summed E-state index contributed by atoms with van der Waals surface area (Å²) in [6.07, 6.45) is 0.956. The highest BCUT2D eigenvalue weighted by atomic mass is 32.2. The van der Waals surface area contributed by atoms with Crippen LogP contribution in [0.5, 0.6) is 0 Å². The fraction of sp³-hybridized carbons (Fsp3) is 0.700. The molecule has 5 nitrogen and oxygen atoms in total. The molecule has 16 heavy (non-hydrogen) atoms. The molecule has 0 aromatic rings. The molecule has 2 heterocycles. The van der Waals surface area contributed by atoms with Crippen LogP contribution >= 0.6 is 11.8 Å². The lowest BCUT2D eigenvalue weighted by Gasteiger charge is -2.25. The summed E-state index contributed by atoms with van der Waals surface area (Å²) in [6, 6.07) is -0.308.